The Labute approximate surface area is 149 Å². The van der Waals surface area contributed by atoms with Crippen molar-refractivity contribution in [3.63, 3.8) is 0 Å². The maximum absolute atomic E-state index is 6.22. The van der Waals surface area contributed by atoms with E-state index in [1.165, 1.54) is 80.3 Å². The summed E-state index contributed by atoms with van der Waals surface area (Å²) in [4.78, 5) is 6.29. The number of fused-ring (bicyclic) bond motifs is 3. The van der Waals surface area contributed by atoms with Crippen molar-refractivity contribution >= 4 is 22.5 Å². The van der Waals surface area contributed by atoms with Gasteiger partial charge in [0, 0.05) is 33.7 Å². The maximum atomic E-state index is 6.22. The summed E-state index contributed by atoms with van der Waals surface area (Å²) in [7, 11) is 0. The quantitative estimate of drug-likeness (QED) is 0.844. The summed E-state index contributed by atoms with van der Waals surface area (Å²) in [5.41, 5.74) is 4.13. The number of likely N-dealkylation sites (tertiary alicyclic amines) is 1. The predicted molar refractivity (Wildman–Crippen MR) is 102 cm³/mol. The summed E-state index contributed by atoms with van der Waals surface area (Å²) in [5.74, 6) is 0. The molecule has 1 fully saturated rings. The van der Waals surface area contributed by atoms with E-state index < -0.39 is 0 Å². The molecule has 130 valence electrons. The molecule has 1 aromatic carbocycles. The van der Waals surface area contributed by atoms with Crippen molar-refractivity contribution in [2.75, 3.05) is 19.6 Å². The highest BCUT2D eigenvalue weighted by Crippen LogP contribution is 2.36. The molecule has 1 aliphatic heterocycles. The average molecular weight is 346 g/mol. The predicted octanol–water partition coefficient (Wildman–Crippen LogP) is 4.66. The molecular weight excluding hydrogens is 318 g/mol. The third-order valence-corrected chi connectivity index (χ3v) is 5.97. The number of hydrogen-bond acceptors (Lipinski definition) is 2. The van der Waals surface area contributed by atoms with Crippen LogP contribution in [0.4, 0.5) is 0 Å². The molecule has 2 aliphatic rings. The zero-order valence-electron chi connectivity index (χ0n) is 14.6. The fourth-order valence-corrected chi connectivity index (χ4v) is 4.70. The van der Waals surface area contributed by atoms with Gasteiger partial charge in [-0.3, -0.25) is 0 Å². The average Bonchev–Trinajstić information content (AvgIpc) is 2.96. The van der Waals surface area contributed by atoms with Gasteiger partial charge in [0.25, 0.3) is 0 Å². The lowest BCUT2D eigenvalue weighted by Crippen LogP contribution is -2.44. The Morgan fingerprint density at radius 2 is 2.08 bits per heavy atom. The van der Waals surface area contributed by atoms with E-state index in [1.807, 2.05) is 6.07 Å². The number of nitrogens with one attached hydrogen (secondary N) is 2. The Balaban J connectivity index is 1.49. The number of benzene rings is 1. The van der Waals surface area contributed by atoms with Crippen LogP contribution in [0, 0.1) is 0 Å². The lowest BCUT2D eigenvalue weighted by Gasteiger charge is -2.35. The monoisotopic (exact) mass is 345 g/mol. The van der Waals surface area contributed by atoms with Crippen molar-refractivity contribution in [3.8, 4) is 0 Å². The van der Waals surface area contributed by atoms with Gasteiger partial charge in [0.15, 0.2) is 0 Å². The topological polar surface area (TPSA) is 31.1 Å². The molecule has 1 unspecified atom stereocenters. The highest BCUT2D eigenvalue weighted by molar-refractivity contribution is 6.31. The molecule has 24 heavy (non-hydrogen) atoms. The van der Waals surface area contributed by atoms with Gasteiger partial charge in [-0.2, -0.15) is 0 Å². The molecule has 0 spiro atoms. The summed E-state index contributed by atoms with van der Waals surface area (Å²) in [5, 5.41) is 6.12. The minimum atomic E-state index is 0.475. The summed E-state index contributed by atoms with van der Waals surface area (Å²) in [6.45, 7) is 6.01. The van der Waals surface area contributed by atoms with Crippen molar-refractivity contribution in [2.24, 2.45) is 0 Å². The van der Waals surface area contributed by atoms with E-state index in [1.54, 1.807) is 0 Å². The number of aryl methyl sites for hydroxylation is 1. The van der Waals surface area contributed by atoms with E-state index in [0.717, 1.165) is 5.02 Å². The van der Waals surface area contributed by atoms with Crippen molar-refractivity contribution in [2.45, 2.75) is 57.5 Å². The number of halogens is 1. The molecule has 4 rings (SSSR count). The number of H-pyrrole nitrogens is 1. The smallest absolute Gasteiger partial charge is 0.0478 e. The molecule has 4 heteroatoms. The number of aromatic amines is 1. The van der Waals surface area contributed by atoms with Crippen LogP contribution in [0.25, 0.3) is 10.9 Å². The van der Waals surface area contributed by atoms with Crippen LogP contribution in [0.5, 0.6) is 0 Å². The second-order valence-electron chi connectivity index (χ2n) is 7.43. The molecule has 1 aromatic heterocycles. The van der Waals surface area contributed by atoms with E-state index >= 15 is 0 Å². The van der Waals surface area contributed by atoms with Crippen LogP contribution in [-0.2, 0) is 6.42 Å². The van der Waals surface area contributed by atoms with Crippen molar-refractivity contribution in [3.05, 3.63) is 34.5 Å². The number of rotatable bonds is 4. The van der Waals surface area contributed by atoms with Gasteiger partial charge in [-0.25, -0.2) is 0 Å². The van der Waals surface area contributed by atoms with Gasteiger partial charge < -0.3 is 15.2 Å². The maximum Gasteiger partial charge on any atom is 0.0478 e. The third kappa shape index (κ3) is 3.22. The molecule has 0 saturated carbocycles. The highest BCUT2D eigenvalue weighted by Gasteiger charge is 2.27. The molecule has 1 aliphatic carbocycles. The van der Waals surface area contributed by atoms with Gasteiger partial charge in [-0.15, -0.1) is 0 Å². The van der Waals surface area contributed by atoms with Crippen LogP contribution in [0.1, 0.15) is 56.3 Å². The van der Waals surface area contributed by atoms with Gasteiger partial charge in [0.2, 0.25) is 0 Å². The van der Waals surface area contributed by atoms with E-state index in [2.05, 4.69) is 34.3 Å². The molecule has 3 nitrogen and oxygen atoms in total. The molecule has 2 aromatic rings. The lowest BCUT2D eigenvalue weighted by atomic mass is 9.90. The Morgan fingerprint density at radius 1 is 1.25 bits per heavy atom. The fourth-order valence-electron chi connectivity index (χ4n) is 4.53. The lowest BCUT2D eigenvalue weighted by molar-refractivity contribution is 0.188. The Kier molecular flexibility index (Phi) is 4.84. The molecule has 0 radical (unpaired) electrons. The number of nitrogens with zero attached hydrogens (tertiary/aromatic N) is 1. The van der Waals surface area contributed by atoms with E-state index in [4.69, 9.17) is 11.6 Å². The second kappa shape index (κ2) is 7.07. The van der Waals surface area contributed by atoms with Crippen LogP contribution in [-0.4, -0.2) is 35.6 Å². The first-order valence-corrected chi connectivity index (χ1v) is 9.91. The SMILES string of the molecule is CCCN1CCC(NC2CCCc3c2[nH]c2ccc(Cl)cc32)CC1. The standard InChI is InChI=1S/C20H28ClN3/c1-2-10-24-11-8-15(9-12-24)22-19-5-3-4-16-17-13-14(21)6-7-18(17)23-20(16)19/h6-7,13,15,19,22-23H,2-5,8-12H2,1H3. The Bertz CT molecular complexity index is 700. The first-order valence-electron chi connectivity index (χ1n) is 9.53. The third-order valence-electron chi connectivity index (χ3n) is 5.73. The summed E-state index contributed by atoms with van der Waals surface area (Å²) in [6.07, 6.45) is 7.49. The summed E-state index contributed by atoms with van der Waals surface area (Å²) < 4.78 is 0. The van der Waals surface area contributed by atoms with Crippen molar-refractivity contribution < 1.29 is 0 Å². The van der Waals surface area contributed by atoms with Crippen molar-refractivity contribution in [1.82, 2.24) is 15.2 Å². The van der Waals surface area contributed by atoms with E-state index in [9.17, 15) is 0 Å². The second-order valence-corrected chi connectivity index (χ2v) is 7.87. The minimum Gasteiger partial charge on any atom is -0.357 e. The van der Waals surface area contributed by atoms with Gasteiger partial charge in [-0.1, -0.05) is 18.5 Å². The molecular formula is C20H28ClN3. The molecule has 1 atom stereocenters. The van der Waals surface area contributed by atoms with E-state index in [0.29, 0.717) is 12.1 Å². The number of piperidine rings is 1. The normalized spacial score (nSPS) is 22.8. The Morgan fingerprint density at radius 3 is 2.88 bits per heavy atom. The number of hydrogen-bond donors (Lipinski definition) is 2. The summed E-state index contributed by atoms with van der Waals surface area (Å²) in [6, 6.07) is 7.36. The highest BCUT2D eigenvalue weighted by atomic mass is 35.5. The van der Waals surface area contributed by atoms with Crippen molar-refractivity contribution in [1.29, 1.82) is 0 Å². The zero-order chi connectivity index (χ0) is 16.5. The molecule has 2 heterocycles. The van der Waals surface area contributed by atoms with Gasteiger partial charge in [-0.05, 0) is 81.9 Å². The van der Waals surface area contributed by atoms with Crippen LogP contribution >= 0.6 is 11.6 Å². The Hall–Kier alpha value is -1.03. The van der Waals surface area contributed by atoms with Crippen LogP contribution in [0.15, 0.2) is 18.2 Å². The van der Waals surface area contributed by atoms with Crippen LogP contribution in [0.3, 0.4) is 0 Å². The van der Waals surface area contributed by atoms with Gasteiger partial charge >= 0.3 is 0 Å². The molecule has 2 N–H and O–H groups in total. The first-order chi connectivity index (χ1) is 11.7. The summed E-state index contributed by atoms with van der Waals surface area (Å²) >= 11 is 6.22. The molecule has 0 bridgehead atoms. The fraction of sp³-hybridized carbons (Fsp3) is 0.600. The zero-order valence-corrected chi connectivity index (χ0v) is 15.3. The molecule has 1 saturated heterocycles. The van der Waals surface area contributed by atoms with Gasteiger partial charge in [0.1, 0.15) is 0 Å². The van der Waals surface area contributed by atoms with E-state index in [-0.39, 0.29) is 0 Å². The van der Waals surface area contributed by atoms with Crippen LogP contribution in [0.2, 0.25) is 5.02 Å². The largest absolute Gasteiger partial charge is 0.357 e. The minimum absolute atomic E-state index is 0.475. The first kappa shape index (κ1) is 16.4. The van der Waals surface area contributed by atoms with Gasteiger partial charge in [0.05, 0.1) is 0 Å². The van der Waals surface area contributed by atoms with Crippen LogP contribution < -0.4 is 5.32 Å². The number of aromatic nitrogens is 1. The molecule has 0 amide bonds.